The van der Waals surface area contributed by atoms with E-state index in [0.29, 0.717) is 0 Å². The van der Waals surface area contributed by atoms with Crippen LogP contribution >= 0.6 is 0 Å². The summed E-state index contributed by atoms with van der Waals surface area (Å²) in [6, 6.07) is 0.252. The molecule has 0 aliphatic heterocycles. The lowest BCUT2D eigenvalue weighted by Crippen LogP contribution is -2.52. The summed E-state index contributed by atoms with van der Waals surface area (Å²) in [5.74, 6) is 1.03. The molecule has 116 valence electrons. The van der Waals surface area contributed by atoms with Gasteiger partial charge in [-0.2, -0.15) is 5.10 Å². The zero-order valence-corrected chi connectivity index (χ0v) is 13.6. The zero-order chi connectivity index (χ0) is 15.0. The molecule has 0 spiro atoms. The highest BCUT2D eigenvalue weighted by Gasteiger charge is 2.33. The van der Waals surface area contributed by atoms with Crippen molar-refractivity contribution in [1.29, 1.82) is 0 Å². The molecule has 1 rings (SSSR count). The quantitative estimate of drug-likeness (QED) is 0.716. The zero-order valence-electron chi connectivity index (χ0n) is 13.6. The molecule has 0 amide bonds. The number of nitrogens with one attached hydrogen (secondary N) is 1. The Labute approximate surface area is 123 Å². The van der Waals surface area contributed by atoms with Gasteiger partial charge in [-0.05, 0) is 40.2 Å². The predicted molar refractivity (Wildman–Crippen MR) is 81.8 cm³/mol. The number of rotatable bonds is 10. The molecule has 20 heavy (non-hydrogen) atoms. The Morgan fingerprint density at radius 3 is 2.65 bits per heavy atom. The first-order chi connectivity index (χ1) is 9.61. The van der Waals surface area contributed by atoms with Crippen molar-refractivity contribution < 1.29 is 4.74 Å². The smallest absolute Gasteiger partial charge is 0.138 e. The number of ether oxygens (including phenoxy) is 1. The van der Waals surface area contributed by atoms with E-state index >= 15 is 0 Å². The van der Waals surface area contributed by atoms with E-state index in [1.54, 1.807) is 6.33 Å². The Kier molecular flexibility index (Phi) is 7.16. The van der Waals surface area contributed by atoms with Gasteiger partial charge >= 0.3 is 0 Å². The molecule has 0 bridgehead atoms. The van der Waals surface area contributed by atoms with Crippen molar-refractivity contribution in [2.75, 3.05) is 13.2 Å². The monoisotopic (exact) mass is 282 g/mol. The molecule has 2 atom stereocenters. The van der Waals surface area contributed by atoms with Gasteiger partial charge in [0.25, 0.3) is 0 Å². The van der Waals surface area contributed by atoms with E-state index in [-0.39, 0.29) is 11.6 Å². The molecule has 2 unspecified atom stereocenters. The molecule has 0 aromatic carbocycles. The predicted octanol–water partition coefficient (Wildman–Crippen LogP) is 2.41. The van der Waals surface area contributed by atoms with Gasteiger partial charge in [0, 0.05) is 25.6 Å². The van der Waals surface area contributed by atoms with Gasteiger partial charge in [-0.15, -0.1) is 0 Å². The second-order valence-electron chi connectivity index (χ2n) is 5.30. The van der Waals surface area contributed by atoms with Crippen molar-refractivity contribution in [2.45, 2.75) is 72.1 Å². The van der Waals surface area contributed by atoms with E-state index in [9.17, 15) is 0 Å². The molecule has 0 aliphatic rings. The summed E-state index contributed by atoms with van der Waals surface area (Å²) >= 11 is 0. The summed E-state index contributed by atoms with van der Waals surface area (Å²) in [6.07, 6.45) is 4.57. The molecule has 0 fully saturated rings. The SMILES string of the molecule is CCCNC(Cc1ncnn1CC)C(C)(CC)OCC. The van der Waals surface area contributed by atoms with Crippen molar-refractivity contribution >= 4 is 0 Å². The van der Waals surface area contributed by atoms with E-state index in [2.05, 4.69) is 50.0 Å². The van der Waals surface area contributed by atoms with E-state index in [1.165, 1.54) is 0 Å². The minimum atomic E-state index is -0.172. The minimum Gasteiger partial charge on any atom is -0.374 e. The number of hydrogen-bond donors (Lipinski definition) is 1. The molecule has 0 aliphatic carbocycles. The maximum absolute atomic E-state index is 6.04. The Hall–Kier alpha value is -0.940. The van der Waals surface area contributed by atoms with Gasteiger partial charge in [0.1, 0.15) is 12.2 Å². The highest BCUT2D eigenvalue weighted by Crippen LogP contribution is 2.23. The van der Waals surface area contributed by atoms with Crippen LogP contribution in [0.2, 0.25) is 0 Å². The van der Waals surface area contributed by atoms with Crippen molar-refractivity contribution in [3.63, 3.8) is 0 Å². The van der Waals surface area contributed by atoms with Crippen molar-refractivity contribution in [1.82, 2.24) is 20.1 Å². The van der Waals surface area contributed by atoms with Crippen LogP contribution in [0.5, 0.6) is 0 Å². The van der Waals surface area contributed by atoms with Gasteiger partial charge in [0.2, 0.25) is 0 Å². The summed E-state index contributed by atoms with van der Waals surface area (Å²) in [7, 11) is 0. The van der Waals surface area contributed by atoms with Crippen LogP contribution in [-0.4, -0.2) is 39.6 Å². The highest BCUT2D eigenvalue weighted by atomic mass is 16.5. The van der Waals surface area contributed by atoms with Crippen molar-refractivity contribution in [2.24, 2.45) is 0 Å². The van der Waals surface area contributed by atoms with Crippen molar-refractivity contribution in [3.05, 3.63) is 12.2 Å². The summed E-state index contributed by atoms with van der Waals surface area (Å²) in [5.41, 5.74) is -0.172. The highest BCUT2D eigenvalue weighted by molar-refractivity contribution is 4.98. The number of aromatic nitrogens is 3. The fourth-order valence-electron chi connectivity index (χ4n) is 2.49. The maximum Gasteiger partial charge on any atom is 0.138 e. The summed E-state index contributed by atoms with van der Waals surface area (Å²) < 4.78 is 8.00. The molecule has 1 aromatic heterocycles. The third kappa shape index (κ3) is 4.28. The van der Waals surface area contributed by atoms with Crippen LogP contribution in [0.1, 0.15) is 53.3 Å². The van der Waals surface area contributed by atoms with Gasteiger partial charge in [0.05, 0.1) is 5.60 Å². The lowest BCUT2D eigenvalue weighted by atomic mass is 9.90. The summed E-state index contributed by atoms with van der Waals surface area (Å²) in [5, 5.41) is 7.89. The van der Waals surface area contributed by atoms with Gasteiger partial charge < -0.3 is 10.1 Å². The van der Waals surface area contributed by atoms with Crippen LogP contribution in [0.4, 0.5) is 0 Å². The van der Waals surface area contributed by atoms with Crippen LogP contribution in [-0.2, 0) is 17.7 Å². The third-order valence-electron chi connectivity index (χ3n) is 3.94. The van der Waals surface area contributed by atoms with Crippen LogP contribution in [0.3, 0.4) is 0 Å². The summed E-state index contributed by atoms with van der Waals surface area (Å²) in [4.78, 5) is 4.40. The molecule has 1 aromatic rings. The van der Waals surface area contributed by atoms with Gasteiger partial charge in [-0.3, -0.25) is 4.68 Å². The maximum atomic E-state index is 6.04. The molecular weight excluding hydrogens is 252 g/mol. The molecule has 5 heteroatoms. The molecular formula is C15H30N4O. The molecule has 5 nitrogen and oxygen atoms in total. The van der Waals surface area contributed by atoms with E-state index in [4.69, 9.17) is 4.74 Å². The van der Waals surface area contributed by atoms with Crippen LogP contribution in [0.15, 0.2) is 6.33 Å². The first-order valence-corrected chi connectivity index (χ1v) is 7.85. The second-order valence-corrected chi connectivity index (χ2v) is 5.30. The molecule has 0 radical (unpaired) electrons. The van der Waals surface area contributed by atoms with Gasteiger partial charge in [0.15, 0.2) is 0 Å². The Morgan fingerprint density at radius 1 is 1.35 bits per heavy atom. The Balaban J connectivity index is 2.87. The molecule has 0 saturated heterocycles. The number of nitrogens with zero attached hydrogens (tertiary/aromatic N) is 3. The minimum absolute atomic E-state index is 0.172. The van der Waals surface area contributed by atoms with Crippen LogP contribution < -0.4 is 5.32 Å². The fourth-order valence-corrected chi connectivity index (χ4v) is 2.49. The lowest BCUT2D eigenvalue weighted by molar-refractivity contribution is -0.0555. The number of aryl methyl sites for hydroxylation is 1. The van der Waals surface area contributed by atoms with Gasteiger partial charge in [-0.25, -0.2) is 4.98 Å². The largest absolute Gasteiger partial charge is 0.374 e. The van der Waals surface area contributed by atoms with Crippen LogP contribution in [0, 0.1) is 0 Å². The van der Waals surface area contributed by atoms with E-state index in [1.807, 2.05) is 4.68 Å². The Bertz CT molecular complexity index is 380. The Morgan fingerprint density at radius 2 is 2.10 bits per heavy atom. The molecule has 1 heterocycles. The average Bonchev–Trinajstić information content (AvgIpc) is 2.90. The molecule has 0 saturated carbocycles. The molecule has 1 N–H and O–H groups in total. The van der Waals surface area contributed by atoms with E-state index < -0.39 is 0 Å². The first-order valence-electron chi connectivity index (χ1n) is 7.85. The van der Waals surface area contributed by atoms with E-state index in [0.717, 1.165) is 44.8 Å². The third-order valence-corrected chi connectivity index (χ3v) is 3.94. The average molecular weight is 282 g/mol. The summed E-state index contributed by atoms with van der Waals surface area (Å²) in [6.45, 7) is 13.3. The standard InChI is InChI=1S/C15H30N4O/c1-6-10-16-13(15(5,7-2)20-9-4)11-14-17-12-18-19(14)8-3/h12-13,16H,6-11H2,1-5H3. The number of hydrogen-bond acceptors (Lipinski definition) is 4. The second kappa shape index (κ2) is 8.37. The first kappa shape index (κ1) is 17.1. The fraction of sp³-hybridized carbons (Fsp3) is 0.867. The van der Waals surface area contributed by atoms with Crippen LogP contribution in [0.25, 0.3) is 0 Å². The normalized spacial score (nSPS) is 16.1. The van der Waals surface area contributed by atoms with Crippen molar-refractivity contribution in [3.8, 4) is 0 Å². The topological polar surface area (TPSA) is 52.0 Å². The van der Waals surface area contributed by atoms with Gasteiger partial charge in [-0.1, -0.05) is 13.8 Å². The lowest BCUT2D eigenvalue weighted by Gasteiger charge is -2.37.